The average molecular weight is 380 g/mol. The van der Waals surface area contributed by atoms with E-state index in [1.165, 1.54) is 12.5 Å². The molecule has 0 fully saturated rings. The zero-order valence-electron chi connectivity index (χ0n) is 14.9. The Morgan fingerprint density at radius 3 is 2.48 bits per heavy atom. The van der Waals surface area contributed by atoms with E-state index in [2.05, 4.69) is 17.6 Å². The maximum absolute atomic E-state index is 12.0. The van der Waals surface area contributed by atoms with Gasteiger partial charge in [0.05, 0.1) is 5.56 Å². The summed E-state index contributed by atoms with van der Waals surface area (Å²) in [6, 6.07) is 19.6. The molecule has 138 valence electrons. The number of amides is 2. The number of hydrogen-bond donors (Lipinski definition) is 2. The summed E-state index contributed by atoms with van der Waals surface area (Å²) in [4.78, 5) is 30.1. The van der Waals surface area contributed by atoms with Gasteiger partial charge in [0.1, 0.15) is 6.61 Å². The second-order valence-corrected chi connectivity index (χ2v) is 7.22. The van der Waals surface area contributed by atoms with Crippen LogP contribution >= 0.6 is 11.3 Å². The van der Waals surface area contributed by atoms with Crippen molar-refractivity contribution in [2.75, 3.05) is 0 Å². The van der Waals surface area contributed by atoms with Crippen LogP contribution in [-0.2, 0) is 22.7 Å². The summed E-state index contributed by atoms with van der Waals surface area (Å²) in [6.07, 6.45) is 0.732. The van der Waals surface area contributed by atoms with E-state index in [1.54, 1.807) is 11.3 Å². The molecule has 2 amide bonds. The Labute approximate surface area is 161 Å². The molecular weight excluding hydrogens is 360 g/mol. The fraction of sp³-hybridized carbons (Fsp3) is 0.143. The van der Waals surface area contributed by atoms with Gasteiger partial charge in [0.25, 0.3) is 0 Å². The third-order valence-electron chi connectivity index (χ3n) is 3.98. The minimum absolute atomic E-state index is 0.194. The lowest BCUT2D eigenvalue weighted by atomic mass is 10.0. The fourth-order valence-electron chi connectivity index (χ4n) is 2.79. The van der Waals surface area contributed by atoms with Crippen LogP contribution in [-0.4, -0.2) is 11.8 Å². The number of nitrogens with two attached hydrogens (primary N) is 1. The molecule has 6 heteroatoms. The van der Waals surface area contributed by atoms with E-state index in [1.807, 2.05) is 48.5 Å². The first-order valence-corrected chi connectivity index (χ1v) is 9.29. The quantitative estimate of drug-likeness (QED) is 0.614. The molecular formula is C21H20N2O3S. The van der Waals surface area contributed by atoms with Crippen molar-refractivity contribution in [1.82, 2.24) is 5.48 Å². The van der Waals surface area contributed by atoms with E-state index in [-0.39, 0.29) is 12.5 Å². The molecule has 0 unspecified atom stereocenters. The zero-order valence-corrected chi connectivity index (χ0v) is 15.7. The first-order chi connectivity index (χ1) is 13.0. The zero-order chi connectivity index (χ0) is 19.2. The molecule has 3 aromatic rings. The van der Waals surface area contributed by atoms with Crippen LogP contribution in [0.1, 0.15) is 33.3 Å². The van der Waals surface area contributed by atoms with Gasteiger partial charge in [0.2, 0.25) is 11.8 Å². The van der Waals surface area contributed by atoms with Gasteiger partial charge in [-0.05, 0) is 22.8 Å². The SMILES string of the molecule is CC(=O)NOCc1ccccc1-c1sc(Cc2ccccc2)cc1C(N)=O. The van der Waals surface area contributed by atoms with Crippen molar-refractivity contribution in [1.29, 1.82) is 0 Å². The highest BCUT2D eigenvalue weighted by atomic mass is 32.1. The van der Waals surface area contributed by atoms with Crippen molar-refractivity contribution in [3.8, 4) is 10.4 Å². The van der Waals surface area contributed by atoms with Crippen LogP contribution in [0.25, 0.3) is 10.4 Å². The number of primary amides is 1. The lowest BCUT2D eigenvalue weighted by Crippen LogP contribution is -2.20. The van der Waals surface area contributed by atoms with Crippen LogP contribution in [0.2, 0.25) is 0 Å². The van der Waals surface area contributed by atoms with E-state index >= 15 is 0 Å². The first-order valence-electron chi connectivity index (χ1n) is 8.47. The molecule has 0 atom stereocenters. The summed E-state index contributed by atoms with van der Waals surface area (Å²) in [5.74, 6) is -0.732. The van der Waals surface area contributed by atoms with E-state index in [4.69, 9.17) is 10.6 Å². The van der Waals surface area contributed by atoms with Gasteiger partial charge in [0.15, 0.2) is 0 Å². The third kappa shape index (κ3) is 4.81. The molecule has 5 nitrogen and oxygen atoms in total. The molecule has 1 aromatic heterocycles. The van der Waals surface area contributed by atoms with Crippen LogP contribution in [0.4, 0.5) is 0 Å². The highest BCUT2D eigenvalue weighted by Crippen LogP contribution is 2.36. The third-order valence-corrected chi connectivity index (χ3v) is 5.14. The number of carbonyl (C=O) groups is 2. The lowest BCUT2D eigenvalue weighted by molar-refractivity contribution is -0.132. The molecule has 0 radical (unpaired) electrons. The van der Waals surface area contributed by atoms with Crippen molar-refractivity contribution in [3.63, 3.8) is 0 Å². The van der Waals surface area contributed by atoms with Crippen molar-refractivity contribution < 1.29 is 14.4 Å². The van der Waals surface area contributed by atoms with Gasteiger partial charge < -0.3 is 5.73 Å². The van der Waals surface area contributed by atoms with Crippen LogP contribution in [0.3, 0.4) is 0 Å². The maximum atomic E-state index is 12.0. The summed E-state index contributed by atoms with van der Waals surface area (Å²) in [5, 5.41) is 0. The summed E-state index contributed by atoms with van der Waals surface area (Å²) >= 11 is 1.55. The molecule has 1 heterocycles. The Kier molecular flexibility index (Phi) is 6.01. The van der Waals surface area contributed by atoms with Gasteiger partial charge in [0, 0.05) is 23.1 Å². The number of rotatable bonds is 7. The van der Waals surface area contributed by atoms with Gasteiger partial charge >= 0.3 is 0 Å². The molecule has 0 aliphatic rings. The van der Waals surface area contributed by atoms with Crippen LogP contribution in [0, 0.1) is 0 Å². The summed E-state index contributed by atoms with van der Waals surface area (Å²) in [7, 11) is 0. The predicted octanol–water partition coefficient (Wildman–Crippen LogP) is 3.67. The average Bonchev–Trinajstić information content (AvgIpc) is 3.06. The molecule has 27 heavy (non-hydrogen) atoms. The molecule has 3 rings (SSSR count). The molecule has 2 aromatic carbocycles. The van der Waals surface area contributed by atoms with Crippen LogP contribution in [0.15, 0.2) is 60.7 Å². The van der Waals surface area contributed by atoms with Crippen molar-refractivity contribution >= 4 is 23.2 Å². The topological polar surface area (TPSA) is 81.4 Å². The Hall–Kier alpha value is -2.96. The molecule has 0 bridgehead atoms. The second-order valence-electron chi connectivity index (χ2n) is 6.09. The summed E-state index contributed by atoms with van der Waals surface area (Å²) < 4.78 is 0. The van der Waals surface area contributed by atoms with Crippen molar-refractivity contribution in [3.05, 3.63) is 82.2 Å². The van der Waals surface area contributed by atoms with E-state index in [0.717, 1.165) is 27.3 Å². The maximum Gasteiger partial charge on any atom is 0.250 e. The second kappa shape index (κ2) is 8.62. The van der Waals surface area contributed by atoms with E-state index in [0.29, 0.717) is 5.56 Å². The number of hydroxylamine groups is 1. The highest BCUT2D eigenvalue weighted by Gasteiger charge is 2.18. The van der Waals surface area contributed by atoms with Crippen LogP contribution < -0.4 is 11.2 Å². The molecule has 0 aliphatic carbocycles. The number of hydrogen-bond acceptors (Lipinski definition) is 4. The van der Waals surface area contributed by atoms with Gasteiger partial charge in [-0.25, -0.2) is 5.48 Å². The largest absolute Gasteiger partial charge is 0.366 e. The van der Waals surface area contributed by atoms with Gasteiger partial charge in [-0.1, -0.05) is 54.6 Å². The number of nitrogens with one attached hydrogen (secondary N) is 1. The van der Waals surface area contributed by atoms with Gasteiger partial charge in [-0.3, -0.25) is 14.4 Å². The van der Waals surface area contributed by atoms with Gasteiger partial charge in [-0.2, -0.15) is 0 Å². The minimum atomic E-state index is -0.460. The first kappa shape index (κ1) is 18.8. The highest BCUT2D eigenvalue weighted by molar-refractivity contribution is 7.16. The predicted molar refractivity (Wildman–Crippen MR) is 106 cm³/mol. The van der Waals surface area contributed by atoms with Crippen LogP contribution in [0.5, 0.6) is 0 Å². The summed E-state index contributed by atoms with van der Waals surface area (Å²) in [6.45, 7) is 1.58. The van der Waals surface area contributed by atoms with E-state index < -0.39 is 5.91 Å². The summed E-state index contributed by atoms with van der Waals surface area (Å²) in [5.41, 5.74) is 11.4. The Morgan fingerprint density at radius 1 is 1.07 bits per heavy atom. The number of thiophene rings is 1. The van der Waals surface area contributed by atoms with E-state index in [9.17, 15) is 9.59 Å². The monoisotopic (exact) mass is 380 g/mol. The minimum Gasteiger partial charge on any atom is -0.366 e. The lowest BCUT2D eigenvalue weighted by Gasteiger charge is -2.09. The normalized spacial score (nSPS) is 10.6. The molecule has 0 saturated heterocycles. The molecule has 0 spiro atoms. The number of carbonyl (C=O) groups excluding carboxylic acids is 2. The van der Waals surface area contributed by atoms with Gasteiger partial charge in [-0.15, -0.1) is 11.3 Å². The Morgan fingerprint density at radius 2 is 1.78 bits per heavy atom. The van der Waals surface area contributed by atoms with Crippen molar-refractivity contribution in [2.45, 2.75) is 20.0 Å². The molecule has 0 saturated carbocycles. The standard InChI is InChI=1S/C21H20N2O3S/c1-14(24)23-26-13-16-9-5-6-10-18(16)20-19(21(22)25)12-17(27-20)11-15-7-3-2-4-8-15/h2-10,12H,11,13H2,1H3,(H2,22,25)(H,23,24). The molecule has 0 aliphatic heterocycles. The van der Waals surface area contributed by atoms with Crippen molar-refractivity contribution in [2.24, 2.45) is 5.73 Å². The molecule has 3 N–H and O–H groups in total. The Bertz CT molecular complexity index is 951. The smallest absolute Gasteiger partial charge is 0.250 e. The number of benzene rings is 2. The Balaban J connectivity index is 1.94. The fourth-order valence-corrected chi connectivity index (χ4v) is 4.05.